The van der Waals surface area contributed by atoms with E-state index in [1.807, 2.05) is 36.5 Å². The number of nitrogens with one attached hydrogen (secondary N) is 2. The fourth-order valence-electron chi connectivity index (χ4n) is 4.13. The number of anilines is 2. The van der Waals surface area contributed by atoms with Crippen molar-refractivity contribution in [1.82, 2.24) is 30.3 Å². The summed E-state index contributed by atoms with van der Waals surface area (Å²) in [7, 11) is 3.36. The van der Waals surface area contributed by atoms with Crippen molar-refractivity contribution >= 4 is 28.6 Å². The van der Waals surface area contributed by atoms with Gasteiger partial charge in [0.15, 0.2) is 11.5 Å². The zero-order valence-corrected chi connectivity index (χ0v) is 18.8. The lowest BCUT2D eigenvalue weighted by Crippen LogP contribution is -2.44. The Morgan fingerprint density at radius 3 is 2.79 bits per heavy atom. The molecular weight excluding hydrogens is 420 g/mol. The second-order valence-corrected chi connectivity index (χ2v) is 8.04. The molecule has 0 unspecified atom stereocenters. The number of urea groups is 1. The molecule has 0 saturated carbocycles. The lowest BCUT2D eigenvalue weighted by Gasteiger charge is -2.34. The number of pyridine rings is 1. The molecular formula is C23H26N8O2. The number of aromatic amines is 1. The molecule has 33 heavy (non-hydrogen) atoms. The summed E-state index contributed by atoms with van der Waals surface area (Å²) in [6, 6.07) is 11.9. The van der Waals surface area contributed by atoms with E-state index in [0.29, 0.717) is 13.2 Å². The van der Waals surface area contributed by atoms with Crippen LogP contribution in [0.1, 0.15) is 6.92 Å². The number of aromatic nitrogens is 5. The molecule has 10 nitrogen and oxygen atoms in total. The molecule has 1 aliphatic rings. The van der Waals surface area contributed by atoms with Gasteiger partial charge >= 0.3 is 6.03 Å². The van der Waals surface area contributed by atoms with Crippen LogP contribution in [0.2, 0.25) is 0 Å². The molecule has 2 N–H and O–H groups in total. The van der Waals surface area contributed by atoms with Gasteiger partial charge in [-0.25, -0.2) is 9.78 Å². The quantitative estimate of drug-likeness (QED) is 0.500. The molecule has 0 aliphatic carbocycles. The fraction of sp³-hybridized carbons (Fsp3) is 0.304. The second kappa shape index (κ2) is 8.55. The van der Waals surface area contributed by atoms with Crippen molar-refractivity contribution in [1.29, 1.82) is 0 Å². The van der Waals surface area contributed by atoms with Crippen LogP contribution >= 0.6 is 0 Å². The second-order valence-electron chi connectivity index (χ2n) is 8.04. The van der Waals surface area contributed by atoms with E-state index in [9.17, 15) is 4.79 Å². The molecule has 1 aromatic carbocycles. The zero-order valence-electron chi connectivity index (χ0n) is 18.8. The first-order chi connectivity index (χ1) is 16.1. The van der Waals surface area contributed by atoms with E-state index in [1.165, 1.54) is 0 Å². The van der Waals surface area contributed by atoms with Crippen molar-refractivity contribution in [3.05, 3.63) is 48.8 Å². The van der Waals surface area contributed by atoms with E-state index in [1.54, 1.807) is 29.9 Å². The number of nitrogens with zero attached hydrogens (tertiary/aromatic N) is 6. The maximum absolute atomic E-state index is 12.0. The summed E-state index contributed by atoms with van der Waals surface area (Å²) in [5.74, 6) is 1.62. The molecule has 170 valence electrons. The van der Waals surface area contributed by atoms with Crippen LogP contribution in [0.15, 0.2) is 48.8 Å². The predicted octanol–water partition coefficient (Wildman–Crippen LogP) is 2.81. The normalized spacial score (nSPS) is 16.2. The van der Waals surface area contributed by atoms with E-state index in [0.717, 1.165) is 46.0 Å². The fourth-order valence-corrected chi connectivity index (χ4v) is 4.13. The molecule has 5 rings (SSSR count). The van der Waals surface area contributed by atoms with Gasteiger partial charge in [0.05, 0.1) is 31.6 Å². The molecule has 3 aromatic heterocycles. The molecule has 4 aromatic rings. The number of amides is 2. The van der Waals surface area contributed by atoms with Gasteiger partial charge in [-0.15, -0.1) is 0 Å². The van der Waals surface area contributed by atoms with Crippen LogP contribution in [0.25, 0.3) is 28.0 Å². The van der Waals surface area contributed by atoms with Gasteiger partial charge in [-0.3, -0.25) is 10.00 Å². The smallest absolute Gasteiger partial charge is 0.321 e. The molecule has 1 aliphatic heterocycles. The minimum absolute atomic E-state index is 0.168. The van der Waals surface area contributed by atoms with Gasteiger partial charge in [0.2, 0.25) is 0 Å². The zero-order chi connectivity index (χ0) is 22.9. The Labute approximate surface area is 191 Å². The summed E-state index contributed by atoms with van der Waals surface area (Å²) in [5, 5.41) is 15.2. The average Bonchev–Trinajstić information content (AvgIpc) is 3.53. The lowest BCUT2D eigenvalue weighted by atomic mass is 10.0. The van der Waals surface area contributed by atoms with Gasteiger partial charge in [0.1, 0.15) is 5.82 Å². The average molecular weight is 447 g/mol. The molecule has 1 saturated heterocycles. The SMILES string of the molecule is CNC(=O)N(C)c1ccc(-c2cc(N3CCOC[C@H]3C)nc3c2cnn3-c2ccn[nH]2)cc1. The van der Waals surface area contributed by atoms with Crippen LogP contribution in [-0.2, 0) is 4.74 Å². The van der Waals surface area contributed by atoms with Gasteiger partial charge < -0.3 is 15.0 Å². The molecule has 0 radical (unpaired) electrons. The number of H-pyrrole nitrogens is 1. The van der Waals surface area contributed by atoms with Crippen molar-refractivity contribution in [2.45, 2.75) is 13.0 Å². The van der Waals surface area contributed by atoms with Gasteiger partial charge in [-0.2, -0.15) is 14.9 Å². The summed E-state index contributed by atoms with van der Waals surface area (Å²) in [4.78, 5) is 20.8. The van der Waals surface area contributed by atoms with Crippen molar-refractivity contribution in [2.24, 2.45) is 0 Å². The van der Waals surface area contributed by atoms with E-state index >= 15 is 0 Å². The highest BCUT2D eigenvalue weighted by Crippen LogP contribution is 2.34. The summed E-state index contributed by atoms with van der Waals surface area (Å²) in [5.41, 5.74) is 3.59. The Hall–Kier alpha value is -3.92. The van der Waals surface area contributed by atoms with Crippen molar-refractivity contribution in [3.63, 3.8) is 0 Å². The van der Waals surface area contributed by atoms with Crippen molar-refractivity contribution in [3.8, 4) is 16.9 Å². The first kappa shape index (κ1) is 21.0. The van der Waals surface area contributed by atoms with Gasteiger partial charge in [-0.05, 0) is 36.2 Å². The number of hydrogen-bond acceptors (Lipinski definition) is 6. The number of carbonyl (C=O) groups is 1. The number of ether oxygens (including phenoxy) is 1. The molecule has 1 atom stereocenters. The van der Waals surface area contributed by atoms with Gasteiger partial charge in [0.25, 0.3) is 0 Å². The minimum atomic E-state index is -0.168. The first-order valence-corrected chi connectivity index (χ1v) is 10.9. The maximum Gasteiger partial charge on any atom is 0.321 e. The standard InChI is InChI=1S/C23H26N8O2/c1-15-14-33-11-10-30(15)21-12-18(16-4-6-17(7-5-16)29(3)23(32)24-2)19-13-26-31(22(19)27-21)20-8-9-25-28-20/h4-9,12-13,15H,10-11,14H2,1-3H3,(H,24,32)(H,25,28)/t15-/m1/s1. The van der Waals surface area contributed by atoms with Crippen molar-refractivity contribution in [2.75, 3.05) is 43.7 Å². The third-order valence-electron chi connectivity index (χ3n) is 5.99. The minimum Gasteiger partial charge on any atom is -0.377 e. The monoisotopic (exact) mass is 446 g/mol. The van der Waals surface area contributed by atoms with Crippen LogP contribution in [0.5, 0.6) is 0 Å². The maximum atomic E-state index is 12.0. The van der Waals surface area contributed by atoms with Crippen LogP contribution in [0.4, 0.5) is 16.3 Å². The topological polar surface area (TPSA) is 104 Å². The third kappa shape index (κ3) is 3.78. The van der Waals surface area contributed by atoms with Crippen LogP contribution in [0, 0.1) is 0 Å². The molecule has 1 fully saturated rings. The highest BCUT2D eigenvalue weighted by molar-refractivity contribution is 5.96. The van der Waals surface area contributed by atoms with E-state index in [-0.39, 0.29) is 12.1 Å². The lowest BCUT2D eigenvalue weighted by molar-refractivity contribution is 0.0985. The number of fused-ring (bicyclic) bond motifs is 1. The summed E-state index contributed by atoms with van der Waals surface area (Å²) in [6.07, 6.45) is 3.52. The number of morpholine rings is 1. The number of rotatable bonds is 4. The van der Waals surface area contributed by atoms with E-state index in [2.05, 4.69) is 38.5 Å². The first-order valence-electron chi connectivity index (χ1n) is 10.9. The highest BCUT2D eigenvalue weighted by Gasteiger charge is 2.23. The molecule has 10 heteroatoms. The summed E-state index contributed by atoms with van der Waals surface area (Å²) in [6.45, 7) is 4.24. The number of hydrogen-bond donors (Lipinski definition) is 2. The Morgan fingerprint density at radius 2 is 2.09 bits per heavy atom. The molecule has 2 amide bonds. The van der Waals surface area contributed by atoms with Crippen LogP contribution < -0.4 is 15.1 Å². The number of carbonyl (C=O) groups excluding carboxylic acids is 1. The number of benzene rings is 1. The Morgan fingerprint density at radius 1 is 1.27 bits per heavy atom. The summed E-state index contributed by atoms with van der Waals surface area (Å²) >= 11 is 0. The van der Waals surface area contributed by atoms with Gasteiger partial charge in [0, 0.05) is 37.8 Å². The Balaban J connectivity index is 1.64. The Kier molecular flexibility index (Phi) is 5.43. The third-order valence-corrected chi connectivity index (χ3v) is 5.99. The molecule has 0 bridgehead atoms. The highest BCUT2D eigenvalue weighted by atomic mass is 16.5. The van der Waals surface area contributed by atoms with Gasteiger partial charge in [-0.1, -0.05) is 12.1 Å². The Bertz CT molecular complexity index is 1270. The van der Waals surface area contributed by atoms with Crippen LogP contribution in [-0.4, -0.2) is 70.9 Å². The molecule has 0 spiro atoms. The van der Waals surface area contributed by atoms with E-state index in [4.69, 9.17) is 9.72 Å². The van der Waals surface area contributed by atoms with Crippen LogP contribution in [0.3, 0.4) is 0 Å². The summed E-state index contributed by atoms with van der Waals surface area (Å²) < 4.78 is 7.40. The largest absolute Gasteiger partial charge is 0.377 e. The van der Waals surface area contributed by atoms with E-state index < -0.39 is 0 Å². The molecule has 4 heterocycles. The predicted molar refractivity (Wildman–Crippen MR) is 127 cm³/mol. The van der Waals surface area contributed by atoms with Crippen molar-refractivity contribution < 1.29 is 9.53 Å².